The maximum atomic E-state index is 12.6. The summed E-state index contributed by atoms with van der Waals surface area (Å²) < 4.78 is 41.6. The topological polar surface area (TPSA) is 125 Å². The summed E-state index contributed by atoms with van der Waals surface area (Å²) in [5.74, 6) is -0.750. The number of carbonyl (C=O) groups excluding carboxylic acids is 1. The van der Waals surface area contributed by atoms with Gasteiger partial charge in [0.1, 0.15) is 0 Å². The summed E-state index contributed by atoms with van der Waals surface area (Å²) in [6.07, 6.45) is -1.65. The van der Waals surface area contributed by atoms with E-state index in [-0.39, 0.29) is 17.7 Å². The predicted octanol–water partition coefficient (Wildman–Crippen LogP) is 3.90. The van der Waals surface area contributed by atoms with E-state index in [2.05, 4.69) is 30.2 Å². The smallest absolute Gasteiger partial charge is 0.404 e. The molecule has 0 spiro atoms. The van der Waals surface area contributed by atoms with Gasteiger partial charge in [0.15, 0.2) is 5.75 Å². The van der Waals surface area contributed by atoms with Gasteiger partial charge in [0.25, 0.3) is 5.56 Å². The Morgan fingerprint density at radius 2 is 1.81 bits per heavy atom. The minimum atomic E-state index is -4.92. The van der Waals surface area contributed by atoms with E-state index in [9.17, 15) is 22.8 Å². The Morgan fingerprint density at radius 1 is 1.11 bits per heavy atom. The van der Waals surface area contributed by atoms with Crippen molar-refractivity contribution in [1.82, 2.24) is 14.9 Å². The van der Waals surface area contributed by atoms with Gasteiger partial charge < -0.3 is 15.8 Å². The number of urea groups is 1. The average Bonchev–Trinajstić information content (AvgIpc) is 2.82. The highest BCUT2D eigenvalue weighted by molar-refractivity contribution is 5.99. The lowest BCUT2D eigenvalue weighted by Gasteiger charge is -2.30. The molecule has 1 aromatic heterocycles. The molecule has 1 saturated heterocycles. The number of nitrogens with one attached hydrogen (secondary N) is 3. The quantitative estimate of drug-likeness (QED) is 0.405. The summed E-state index contributed by atoms with van der Waals surface area (Å²) >= 11 is 0. The van der Waals surface area contributed by atoms with Crippen LogP contribution in [0.5, 0.6) is 5.75 Å². The van der Waals surface area contributed by atoms with Crippen molar-refractivity contribution in [1.29, 1.82) is 0 Å². The first-order chi connectivity index (χ1) is 17.2. The third-order valence-electron chi connectivity index (χ3n) is 5.70. The molecule has 4 rings (SSSR count). The van der Waals surface area contributed by atoms with Gasteiger partial charge in [-0.25, -0.2) is 9.78 Å². The molecular weight excluding hydrogens is 477 g/mol. The number of aromatic amines is 1. The lowest BCUT2D eigenvalue weighted by atomic mass is 10.0. The van der Waals surface area contributed by atoms with E-state index < -0.39 is 23.7 Å². The van der Waals surface area contributed by atoms with Crippen LogP contribution in [0, 0.1) is 0 Å². The number of nitrogens with zero attached hydrogens (tertiary/aromatic N) is 2. The Balaban J connectivity index is 1.38. The van der Waals surface area contributed by atoms with Crippen molar-refractivity contribution in [2.45, 2.75) is 31.8 Å². The molecule has 2 heterocycles. The van der Waals surface area contributed by atoms with Crippen molar-refractivity contribution in [3.05, 3.63) is 70.6 Å². The van der Waals surface area contributed by atoms with Gasteiger partial charge in [0.2, 0.25) is 5.95 Å². The molecule has 12 heteroatoms. The molecule has 5 N–H and O–H groups in total. The van der Waals surface area contributed by atoms with E-state index in [4.69, 9.17) is 5.73 Å². The number of likely N-dealkylation sites (tertiary alicyclic amines) is 1. The molecule has 0 unspecified atom stereocenters. The van der Waals surface area contributed by atoms with Crippen LogP contribution < -0.4 is 26.7 Å². The fraction of sp³-hybridized carbons (Fsp3) is 0.292. The van der Waals surface area contributed by atoms with Gasteiger partial charge >= 0.3 is 12.4 Å². The second-order valence-electron chi connectivity index (χ2n) is 8.41. The molecular formula is C24H25F3N6O3. The normalized spacial score (nSPS) is 14.9. The number of nitrogens with two attached hydrogens (primary N) is 1. The highest BCUT2D eigenvalue weighted by atomic mass is 19.4. The van der Waals surface area contributed by atoms with Gasteiger partial charge in [-0.05, 0) is 49.2 Å². The Hall–Kier alpha value is -3.90. The van der Waals surface area contributed by atoms with E-state index in [1.54, 1.807) is 0 Å². The van der Waals surface area contributed by atoms with Gasteiger partial charge in [-0.15, -0.1) is 13.2 Å². The Bertz CT molecular complexity index is 1250. The van der Waals surface area contributed by atoms with Gasteiger partial charge in [-0.1, -0.05) is 36.4 Å². The van der Waals surface area contributed by atoms with Gasteiger partial charge in [-0.2, -0.15) is 0 Å². The number of anilines is 2. The van der Waals surface area contributed by atoms with E-state index >= 15 is 0 Å². The van der Waals surface area contributed by atoms with Crippen molar-refractivity contribution >= 4 is 17.7 Å². The third kappa shape index (κ3) is 6.83. The SMILES string of the molecule is NC1CCN(Cc2ccc(-c3cnc(NC(=O)Nc4ccccc4OC(F)(F)F)[nH]c3=O)cc2)CC1. The number of alkyl halides is 3. The maximum Gasteiger partial charge on any atom is 0.573 e. The summed E-state index contributed by atoms with van der Waals surface area (Å²) in [7, 11) is 0. The van der Waals surface area contributed by atoms with Crippen molar-refractivity contribution in [2.24, 2.45) is 5.73 Å². The van der Waals surface area contributed by atoms with Crippen LogP contribution in [0.4, 0.5) is 29.6 Å². The average molecular weight is 502 g/mol. The number of ether oxygens (including phenoxy) is 1. The summed E-state index contributed by atoms with van der Waals surface area (Å²) in [6, 6.07) is 12.0. The molecule has 1 aliphatic rings. The first kappa shape index (κ1) is 25.2. The van der Waals surface area contributed by atoms with Gasteiger partial charge in [0, 0.05) is 18.8 Å². The second kappa shape index (κ2) is 10.8. The van der Waals surface area contributed by atoms with Crippen molar-refractivity contribution in [3.8, 4) is 16.9 Å². The highest BCUT2D eigenvalue weighted by Gasteiger charge is 2.32. The number of H-pyrrole nitrogens is 1. The lowest BCUT2D eigenvalue weighted by molar-refractivity contribution is -0.274. The third-order valence-corrected chi connectivity index (χ3v) is 5.70. The van der Waals surface area contributed by atoms with Crippen LogP contribution in [0.25, 0.3) is 11.1 Å². The van der Waals surface area contributed by atoms with Crippen molar-refractivity contribution in [2.75, 3.05) is 23.7 Å². The first-order valence-electron chi connectivity index (χ1n) is 11.3. The molecule has 9 nitrogen and oxygen atoms in total. The molecule has 0 saturated carbocycles. The Kier molecular flexibility index (Phi) is 7.55. The highest BCUT2D eigenvalue weighted by Crippen LogP contribution is 2.30. The zero-order valence-electron chi connectivity index (χ0n) is 19.1. The fourth-order valence-electron chi connectivity index (χ4n) is 3.87. The molecule has 190 valence electrons. The minimum absolute atomic E-state index is 0.171. The Labute approximate surface area is 204 Å². The zero-order valence-corrected chi connectivity index (χ0v) is 19.1. The summed E-state index contributed by atoms with van der Waals surface area (Å²) in [4.78, 5) is 33.7. The van der Waals surface area contributed by atoms with Gasteiger partial charge in [0.05, 0.1) is 11.3 Å². The van der Waals surface area contributed by atoms with Gasteiger partial charge in [-0.3, -0.25) is 20.0 Å². The van der Waals surface area contributed by atoms with E-state index in [1.807, 2.05) is 24.3 Å². The first-order valence-corrected chi connectivity index (χ1v) is 11.3. The number of piperidine rings is 1. The molecule has 36 heavy (non-hydrogen) atoms. The summed E-state index contributed by atoms with van der Waals surface area (Å²) in [6.45, 7) is 2.71. The predicted molar refractivity (Wildman–Crippen MR) is 129 cm³/mol. The van der Waals surface area contributed by atoms with Crippen LogP contribution >= 0.6 is 0 Å². The number of hydrogen-bond acceptors (Lipinski definition) is 6. The number of amides is 2. The molecule has 0 atom stereocenters. The molecule has 2 amide bonds. The minimum Gasteiger partial charge on any atom is -0.404 e. The largest absolute Gasteiger partial charge is 0.573 e. The summed E-state index contributed by atoms with van der Waals surface area (Å²) in [5.41, 5.74) is 7.33. The van der Waals surface area contributed by atoms with E-state index in [1.165, 1.54) is 24.4 Å². The van der Waals surface area contributed by atoms with E-state index in [0.717, 1.165) is 44.1 Å². The van der Waals surface area contributed by atoms with Crippen LogP contribution in [0.2, 0.25) is 0 Å². The standard InChI is InChI=1S/C24H25F3N6O3/c25-24(26,27)36-20-4-2-1-3-19(20)30-23(35)32-22-29-13-18(21(34)31-22)16-7-5-15(6-8-16)14-33-11-9-17(28)10-12-33/h1-8,13,17H,9-12,14,28H2,(H3,29,30,31,32,34,35). The molecule has 1 aliphatic heterocycles. The number of aromatic nitrogens is 2. The monoisotopic (exact) mass is 502 g/mol. The number of para-hydroxylation sites is 2. The molecule has 1 fully saturated rings. The number of rotatable bonds is 6. The second-order valence-corrected chi connectivity index (χ2v) is 8.41. The molecule has 3 aromatic rings. The van der Waals surface area contributed by atoms with Crippen molar-refractivity contribution in [3.63, 3.8) is 0 Å². The van der Waals surface area contributed by atoms with Crippen LogP contribution in [0.3, 0.4) is 0 Å². The van der Waals surface area contributed by atoms with E-state index in [0.29, 0.717) is 11.1 Å². The fourth-order valence-corrected chi connectivity index (χ4v) is 3.87. The Morgan fingerprint density at radius 3 is 2.47 bits per heavy atom. The summed E-state index contributed by atoms with van der Waals surface area (Å²) in [5, 5.41) is 4.53. The van der Waals surface area contributed by atoms with Crippen molar-refractivity contribution < 1.29 is 22.7 Å². The maximum absolute atomic E-state index is 12.6. The molecule has 0 radical (unpaired) electrons. The lowest BCUT2D eigenvalue weighted by Crippen LogP contribution is -2.39. The number of carbonyl (C=O) groups is 1. The molecule has 0 aliphatic carbocycles. The number of benzene rings is 2. The number of halogens is 3. The van der Waals surface area contributed by atoms with Crippen LogP contribution in [0.1, 0.15) is 18.4 Å². The molecule has 0 bridgehead atoms. The number of hydrogen-bond donors (Lipinski definition) is 4. The van der Waals surface area contributed by atoms with Crippen LogP contribution in [0.15, 0.2) is 59.5 Å². The van der Waals surface area contributed by atoms with Crippen LogP contribution in [-0.2, 0) is 6.54 Å². The molecule has 2 aromatic carbocycles. The zero-order chi connectivity index (χ0) is 25.7. The van der Waals surface area contributed by atoms with Crippen LogP contribution in [-0.4, -0.2) is 46.4 Å².